The monoisotopic (exact) mass is 269 g/mol. The first-order valence-electron chi connectivity index (χ1n) is 5.69. The smallest absolute Gasteiger partial charge is 0.303 e. The number of rotatable bonds is 6. The van der Waals surface area contributed by atoms with Gasteiger partial charge >= 0.3 is 5.97 Å². The van der Waals surface area contributed by atoms with Gasteiger partial charge in [0.25, 0.3) is 0 Å². The van der Waals surface area contributed by atoms with Gasteiger partial charge < -0.3 is 10.0 Å². The molecular weight excluding hydrogens is 254 g/mol. The van der Waals surface area contributed by atoms with Crippen LogP contribution in [0.2, 0.25) is 5.02 Å². The summed E-state index contributed by atoms with van der Waals surface area (Å²) >= 11 is 5.86. The van der Waals surface area contributed by atoms with Crippen molar-refractivity contribution < 1.29 is 14.7 Å². The Hall–Kier alpha value is -1.55. The first-order valence-corrected chi connectivity index (χ1v) is 6.07. The molecule has 1 N–H and O–H groups in total. The first kappa shape index (κ1) is 14.5. The fourth-order valence-corrected chi connectivity index (χ4v) is 1.79. The standard InChI is InChI=1S/C13H16ClNO3/c1-15(12(16)6-3-7-13(17)18)9-10-4-2-5-11(14)8-10/h2,4-5,8H,3,6-7,9H2,1H3,(H,17,18). The van der Waals surface area contributed by atoms with E-state index >= 15 is 0 Å². The fourth-order valence-electron chi connectivity index (χ4n) is 1.58. The third-order valence-electron chi connectivity index (χ3n) is 2.52. The summed E-state index contributed by atoms with van der Waals surface area (Å²) < 4.78 is 0. The van der Waals surface area contributed by atoms with Crippen LogP contribution in [0.5, 0.6) is 0 Å². The zero-order chi connectivity index (χ0) is 13.5. The van der Waals surface area contributed by atoms with Crippen molar-refractivity contribution in [3.8, 4) is 0 Å². The van der Waals surface area contributed by atoms with Gasteiger partial charge in [-0.1, -0.05) is 23.7 Å². The summed E-state index contributed by atoms with van der Waals surface area (Å²) in [5, 5.41) is 9.13. The zero-order valence-electron chi connectivity index (χ0n) is 10.2. The number of hydrogen-bond acceptors (Lipinski definition) is 2. The fraction of sp³-hybridized carbons (Fsp3) is 0.385. The number of amides is 1. The van der Waals surface area contributed by atoms with Crippen molar-refractivity contribution in [3.63, 3.8) is 0 Å². The van der Waals surface area contributed by atoms with Crippen molar-refractivity contribution in [2.45, 2.75) is 25.8 Å². The minimum Gasteiger partial charge on any atom is -0.481 e. The molecule has 0 aliphatic heterocycles. The van der Waals surface area contributed by atoms with Crippen LogP contribution in [-0.4, -0.2) is 28.9 Å². The predicted octanol–water partition coefficient (Wildman–Crippen LogP) is 2.55. The number of benzene rings is 1. The van der Waals surface area contributed by atoms with Gasteiger partial charge in [0, 0.05) is 31.5 Å². The van der Waals surface area contributed by atoms with Crippen molar-refractivity contribution in [1.82, 2.24) is 4.90 Å². The molecule has 0 aromatic heterocycles. The number of carboxylic acid groups (broad SMARTS) is 1. The van der Waals surface area contributed by atoms with Crippen molar-refractivity contribution in [2.75, 3.05) is 7.05 Å². The molecule has 1 aromatic rings. The molecule has 1 amide bonds. The Morgan fingerprint density at radius 2 is 2.06 bits per heavy atom. The molecule has 0 aliphatic carbocycles. The molecule has 0 saturated carbocycles. The molecule has 0 atom stereocenters. The summed E-state index contributed by atoms with van der Waals surface area (Å²) in [7, 11) is 1.70. The molecule has 1 rings (SSSR count). The molecule has 0 fully saturated rings. The molecule has 0 unspecified atom stereocenters. The van der Waals surface area contributed by atoms with E-state index < -0.39 is 5.97 Å². The van der Waals surface area contributed by atoms with Crippen LogP contribution in [0.1, 0.15) is 24.8 Å². The van der Waals surface area contributed by atoms with Crippen molar-refractivity contribution >= 4 is 23.5 Å². The Bertz CT molecular complexity index is 434. The second-order valence-corrected chi connectivity index (χ2v) is 4.56. The van der Waals surface area contributed by atoms with E-state index in [1.54, 1.807) is 18.0 Å². The largest absolute Gasteiger partial charge is 0.481 e. The van der Waals surface area contributed by atoms with Crippen LogP contribution in [0.4, 0.5) is 0 Å². The Balaban J connectivity index is 2.42. The molecule has 98 valence electrons. The minimum absolute atomic E-state index is 0.0245. The number of carbonyl (C=O) groups is 2. The van der Waals surface area contributed by atoms with Gasteiger partial charge in [-0.15, -0.1) is 0 Å². The highest BCUT2D eigenvalue weighted by Gasteiger charge is 2.10. The lowest BCUT2D eigenvalue weighted by Crippen LogP contribution is -2.26. The molecule has 4 nitrogen and oxygen atoms in total. The third kappa shape index (κ3) is 5.19. The highest BCUT2D eigenvalue weighted by molar-refractivity contribution is 6.30. The maximum absolute atomic E-state index is 11.7. The van der Waals surface area contributed by atoms with E-state index in [0.717, 1.165) is 5.56 Å². The van der Waals surface area contributed by atoms with Crippen LogP contribution in [0.15, 0.2) is 24.3 Å². The van der Waals surface area contributed by atoms with Crippen molar-refractivity contribution in [1.29, 1.82) is 0 Å². The highest BCUT2D eigenvalue weighted by atomic mass is 35.5. The summed E-state index contributed by atoms with van der Waals surface area (Å²) in [5.41, 5.74) is 0.955. The number of nitrogens with zero attached hydrogens (tertiary/aromatic N) is 1. The lowest BCUT2D eigenvalue weighted by Gasteiger charge is -2.17. The summed E-state index contributed by atoms with van der Waals surface area (Å²) in [6.07, 6.45) is 0.647. The van der Waals surface area contributed by atoms with E-state index in [0.29, 0.717) is 18.0 Å². The number of carboxylic acids is 1. The van der Waals surface area contributed by atoms with Crippen molar-refractivity contribution in [2.24, 2.45) is 0 Å². The lowest BCUT2D eigenvalue weighted by molar-refractivity contribution is -0.137. The van der Waals surface area contributed by atoms with Gasteiger partial charge in [0.1, 0.15) is 0 Å². The number of hydrogen-bond donors (Lipinski definition) is 1. The van der Waals surface area contributed by atoms with E-state index in [9.17, 15) is 9.59 Å². The van der Waals surface area contributed by atoms with E-state index in [2.05, 4.69) is 0 Å². The quantitative estimate of drug-likeness (QED) is 0.863. The van der Waals surface area contributed by atoms with E-state index in [1.165, 1.54) is 0 Å². The van der Waals surface area contributed by atoms with Crippen LogP contribution >= 0.6 is 11.6 Å². The molecule has 0 radical (unpaired) electrons. The Labute approximate surface area is 111 Å². The van der Waals surface area contributed by atoms with Crippen LogP contribution in [0.3, 0.4) is 0 Å². The summed E-state index contributed by atoms with van der Waals surface area (Å²) in [6.45, 7) is 0.479. The maximum Gasteiger partial charge on any atom is 0.303 e. The van der Waals surface area contributed by atoms with E-state index in [-0.39, 0.29) is 18.7 Å². The topological polar surface area (TPSA) is 57.6 Å². The molecule has 1 aromatic carbocycles. The Morgan fingerprint density at radius 3 is 2.67 bits per heavy atom. The average Bonchev–Trinajstić information content (AvgIpc) is 2.28. The van der Waals surface area contributed by atoms with Gasteiger partial charge in [-0.2, -0.15) is 0 Å². The minimum atomic E-state index is -0.875. The second-order valence-electron chi connectivity index (χ2n) is 4.13. The Morgan fingerprint density at radius 1 is 1.33 bits per heavy atom. The summed E-state index contributed by atoms with van der Waals surface area (Å²) in [5.74, 6) is -0.934. The number of carbonyl (C=O) groups excluding carboxylic acids is 1. The second kappa shape index (κ2) is 7.01. The number of halogens is 1. The molecule has 0 saturated heterocycles. The van der Waals surface area contributed by atoms with Crippen LogP contribution in [-0.2, 0) is 16.1 Å². The van der Waals surface area contributed by atoms with Crippen LogP contribution in [0.25, 0.3) is 0 Å². The molecule has 0 aliphatic rings. The van der Waals surface area contributed by atoms with Gasteiger partial charge in [0.2, 0.25) is 5.91 Å². The molecule has 0 heterocycles. The first-order chi connectivity index (χ1) is 8.49. The van der Waals surface area contributed by atoms with E-state index in [1.807, 2.05) is 18.2 Å². The van der Waals surface area contributed by atoms with Crippen LogP contribution < -0.4 is 0 Å². The average molecular weight is 270 g/mol. The van der Waals surface area contributed by atoms with E-state index in [4.69, 9.17) is 16.7 Å². The van der Waals surface area contributed by atoms with Gasteiger partial charge in [-0.05, 0) is 24.1 Å². The van der Waals surface area contributed by atoms with Gasteiger partial charge in [-0.25, -0.2) is 0 Å². The molecule has 5 heteroatoms. The lowest BCUT2D eigenvalue weighted by atomic mass is 10.2. The van der Waals surface area contributed by atoms with Crippen LogP contribution in [0, 0.1) is 0 Å². The molecule has 0 bridgehead atoms. The van der Waals surface area contributed by atoms with Gasteiger partial charge in [-0.3, -0.25) is 9.59 Å². The summed E-state index contributed by atoms with van der Waals surface area (Å²) in [4.78, 5) is 23.6. The molecule has 0 spiro atoms. The van der Waals surface area contributed by atoms with Crippen molar-refractivity contribution in [3.05, 3.63) is 34.9 Å². The molecule has 18 heavy (non-hydrogen) atoms. The summed E-state index contributed by atoms with van der Waals surface area (Å²) in [6, 6.07) is 7.32. The zero-order valence-corrected chi connectivity index (χ0v) is 11.0. The Kier molecular flexibility index (Phi) is 5.65. The normalized spacial score (nSPS) is 10.1. The predicted molar refractivity (Wildman–Crippen MR) is 69.4 cm³/mol. The number of aliphatic carboxylic acids is 1. The third-order valence-corrected chi connectivity index (χ3v) is 2.75. The maximum atomic E-state index is 11.7. The SMILES string of the molecule is CN(Cc1cccc(Cl)c1)C(=O)CCCC(=O)O. The molecular formula is C13H16ClNO3. The highest BCUT2D eigenvalue weighted by Crippen LogP contribution is 2.12. The van der Waals surface area contributed by atoms with Gasteiger partial charge in [0.15, 0.2) is 0 Å². The van der Waals surface area contributed by atoms with Gasteiger partial charge in [0.05, 0.1) is 0 Å².